The van der Waals surface area contributed by atoms with Gasteiger partial charge in [-0.1, -0.05) is 31.5 Å². The van der Waals surface area contributed by atoms with Crippen LogP contribution in [0.4, 0.5) is 0 Å². The molecule has 4 heteroatoms. The number of nitrogens with zero attached hydrogens (tertiary/aromatic N) is 1. The maximum Gasteiger partial charge on any atom is 0.133 e. The van der Waals surface area contributed by atoms with E-state index in [1.807, 2.05) is 26.0 Å². The molecule has 1 aromatic heterocycles. The van der Waals surface area contributed by atoms with E-state index in [0.717, 1.165) is 18.5 Å². The molecule has 1 unspecified atom stereocenters. The summed E-state index contributed by atoms with van der Waals surface area (Å²) in [6, 6.07) is 3.81. The Morgan fingerprint density at radius 1 is 1.50 bits per heavy atom. The Kier molecular flexibility index (Phi) is 5.74. The summed E-state index contributed by atoms with van der Waals surface area (Å²) in [6.45, 7) is 5.51. The van der Waals surface area contributed by atoms with Gasteiger partial charge in [0, 0.05) is 18.3 Å². The predicted octanol–water partition coefficient (Wildman–Crippen LogP) is 2.23. The monoisotopic (exact) mass is 242 g/mol. The lowest BCUT2D eigenvalue weighted by molar-refractivity contribution is 0.116. The zero-order chi connectivity index (χ0) is 12.0. The van der Waals surface area contributed by atoms with Gasteiger partial charge in [-0.25, -0.2) is 4.98 Å². The molecule has 0 radical (unpaired) electrons. The van der Waals surface area contributed by atoms with Gasteiger partial charge in [0.2, 0.25) is 0 Å². The zero-order valence-corrected chi connectivity index (χ0v) is 10.5. The van der Waals surface area contributed by atoms with Crippen molar-refractivity contribution in [3.63, 3.8) is 0 Å². The van der Waals surface area contributed by atoms with Gasteiger partial charge in [-0.05, 0) is 24.9 Å². The average Bonchev–Trinajstić information content (AvgIpc) is 2.26. The summed E-state index contributed by atoms with van der Waals surface area (Å²) >= 11 is 5.92. The summed E-state index contributed by atoms with van der Waals surface area (Å²) < 4.78 is 0. The lowest BCUT2D eigenvalue weighted by atomic mass is 10.0. The topological polar surface area (TPSA) is 45.1 Å². The fraction of sp³-hybridized carbons (Fsp3) is 0.583. The molecule has 1 rings (SSSR count). The van der Waals surface area contributed by atoms with Crippen molar-refractivity contribution < 1.29 is 5.11 Å². The molecule has 0 aliphatic carbocycles. The van der Waals surface area contributed by atoms with Crippen LogP contribution in [-0.2, 0) is 6.54 Å². The van der Waals surface area contributed by atoms with E-state index in [9.17, 15) is 5.11 Å². The quantitative estimate of drug-likeness (QED) is 0.594. The number of nitrogens with one attached hydrogen (secondary N) is 1. The third-order valence-corrected chi connectivity index (χ3v) is 2.88. The second kappa shape index (κ2) is 6.84. The fourth-order valence-electron chi connectivity index (χ4n) is 1.36. The van der Waals surface area contributed by atoms with Gasteiger partial charge in [0.1, 0.15) is 5.15 Å². The van der Waals surface area contributed by atoms with Gasteiger partial charge in [-0.3, -0.25) is 0 Å². The number of aliphatic hydroxyl groups is 1. The highest BCUT2D eigenvalue weighted by Crippen LogP contribution is 2.11. The van der Waals surface area contributed by atoms with Gasteiger partial charge in [-0.15, -0.1) is 0 Å². The molecule has 2 N–H and O–H groups in total. The van der Waals surface area contributed by atoms with Crippen molar-refractivity contribution in [2.24, 2.45) is 5.92 Å². The normalized spacial score (nSPS) is 13.1. The Hall–Kier alpha value is -0.640. The first-order valence-electron chi connectivity index (χ1n) is 5.59. The molecule has 1 heterocycles. The van der Waals surface area contributed by atoms with Crippen LogP contribution in [0.2, 0.25) is 5.15 Å². The molecule has 0 amide bonds. The number of rotatable bonds is 6. The van der Waals surface area contributed by atoms with Crippen molar-refractivity contribution in [2.45, 2.75) is 32.9 Å². The van der Waals surface area contributed by atoms with Gasteiger partial charge < -0.3 is 10.4 Å². The molecular weight excluding hydrogens is 224 g/mol. The third-order valence-electron chi connectivity index (χ3n) is 2.54. The number of aromatic nitrogens is 1. The molecule has 0 aliphatic rings. The lowest BCUT2D eigenvalue weighted by Gasteiger charge is -2.14. The number of halogens is 1. The first kappa shape index (κ1) is 13.4. The lowest BCUT2D eigenvalue weighted by Crippen LogP contribution is -2.23. The van der Waals surface area contributed by atoms with Crippen LogP contribution in [0, 0.1) is 5.92 Å². The van der Waals surface area contributed by atoms with Crippen molar-refractivity contribution in [2.75, 3.05) is 6.54 Å². The van der Waals surface area contributed by atoms with Crippen molar-refractivity contribution in [1.82, 2.24) is 10.3 Å². The summed E-state index contributed by atoms with van der Waals surface area (Å²) in [4.78, 5) is 4.00. The Morgan fingerprint density at radius 2 is 2.25 bits per heavy atom. The molecule has 0 saturated heterocycles. The Balaban J connectivity index is 2.24. The fourth-order valence-corrected chi connectivity index (χ4v) is 1.54. The first-order chi connectivity index (χ1) is 7.61. The first-order valence-corrected chi connectivity index (χ1v) is 5.97. The average molecular weight is 243 g/mol. The van der Waals surface area contributed by atoms with Crippen molar-refractivity contribution in [3.05, 3.63) is 29.0 Å². The second-order valence-electron chi connectivity index (χ2n) is 4.23. The van der Waals surface area contributed by atoms with Crippen LogP contribution in [0.1, 0.15) is 25.8 Å². The molecule has 0 aromatic carbocycles. The van der Waals surface area contributed by atoms with Crippen molar-refractivity contribution in [1.29, 1.82) is 0 Å². The Bertz CT molecular complexity index is 318. The van der Waals surface area contributed by atoms with E-state index in [2.05, 4.69) is 10.3 Å². The van der Waals surface area contributed by atoms with E-state index >= 15 is 0 Å². The maximum atomic E-state index is 9.60. The number of hydrogen-bond acceptors (Lipinski definition) is 3. The number of aliphatic hydroxyl groups excluding tert-OH is 1. The van der Waals surface area contributed by atoms with E-state index in [4.69, 9.17) is 11.6 Å². The summed E-state index contributed by atoms with van der Waals surface area (Å²) in [5, 5.41) is 13.4. The molecule has 1 atom stereocenters. The van der Waals surface area contributed by atoms with Crippen LogP contribution < -0.4 is 5.32 Å². The molecule has 90 valence electrons. The van der Waals surface area contributed by atoms with E-state index in [1.165, 1.54) is 0 Å². The molecule has 0 spiro atoms. The standard InChI is InChI=1S/C12H19ClN2O/c1-9(2)11(16)5-7-14-8-10-4-3-6-15-12(10)13/h3-4,6,9,11,14,16H,5,7-8H2,1-2H3. The minimum Gasteiger partial charge on any atom is -0.393 e. The minimum absolute atomic E-state index is 0.239. The van der Waals surface area contributed by atoms with Crippen LogP contribution in [0.5, 0.6) is 0 Å². The Morgan fingerprint density at radius 3 is 2.88 bits per heavy atom. The second-order valence-corrected chi connectivity index (χ2v) is 4.59. The number of hydrogen-bond donors (Lipinski definition) is 2. The largest absolute Gasteiger partial charge is 0.393 e. The molecule has 0 aliphatic heterocycles. The SMILES string of the molecule is CC(C)C(O)CCNCc1cccnc1Cl. The van der Waals surface area contributed by atoms with Gasteiger partial charge >= 0.3 is 0 Å². The highest BCUT2D eigenvalue weighted by molar-refractivity contribution is 6.30. The summed E-state index contributed by atoms with van der Waals surface area (Å²) in [5.74, 6) is 0.309. The van der Waals surface area contributed by atoms with Gasteiger partial charge in [-0.2, -0.15) is 0 Å². The van der Waals surface area contributed by atoms with Crippen molar-refractivity contribution in [3.8, 4) is 0 Å². The molecule has 1 aromatic rings. The van der Waals surface area contributed by atoms with Gasteiger partial charge in [0.25, 0.3) is 0 Å². The molecule has 0 fully saturated rings. The molecule has 0 saturated carbocycles. The summed E-state index contributed by atoms with van der Waals surface area (Å²) in [6.07, 6.45) is 2.20. The molecule has 3 nitrogen and oxygen atoms in total. The highest BCUT2D eigenvalue weighted by Gasteiger charge is 2.08. The predicted molar refractivity (Wildman–Crippen MR) is 66.4 cm³/mol. The van der Waals surface area contributed by atoms with Crippen LogP contribution >= 0.6 is 11.6 Å². The minimum atomic E-state index is -0.239. The van der Waals surface area contributed by atoms with Crippen LogP contribution in [-0.4, -0.2) is 22.7 Å². The highest BCUT2D eigenvalue weighted by atomic mass is 35.5. The Labute approximate surface area is 102 Å². The summed E-state index contributed by atoms with van der Waals surface area (Å²) in [7, 11) is 0. The van der Waals surface area contributed by atoms with Crippen LogP contribution in [0.25, 0.3) is 0 Å². The van der Waals surface area contributed by atoms with E-state index in [-0.39, 0.29) is 6.10 Å². The third kappa shape index (κ3) is 4.47. The maximum absolute atomic E-state index is 9.60. The number of pyridine rings is 1. The molecule has 16 heavy (non-hydrogen) atoms. The van der Waals surface area contributed by atoms with Crippen LogP contribution in [0.15, 0.2) is 18.3 Å². The van der Waals surface area contributed by atoms with E-state index < -0.39 is 0 Å². The smallest absolute Gasteiger partial charge is 0.133 e. The van der Waals surface area contributed by atoms with E-state index in [1.54, 1.807) is 6.20 Å². The van der Waals surface area contributed by atoms with E-state index in [0.29, 0.717) is 17.6 Å². The zero-order valence-electron chi connectivity index (χ0n) is 9.78. The van der Waals surface area contributed by atoms with Crippen molar-refractivity contribution >= 4 is 11.6 Å². The summed E-state index contributed by atoms with van der Waals surface area (Å²) in [5.41, 5.74) is 0.989. The molecular formula is C12H19ClN2O. The van der Waals surface area contributed by atoms with Crippen LogP contribution in [0.3, 0.4) is 0 Å². The van der Waals surface area contributed by atoms with Gasteiger partial charge in [0.05, 0.1) is 6.10 Å². The van der Waals surface area contributed by atoms with Gasteiger partial charge in [0.15, 0.2) is 0 Å². The molecule has 0 bridgehead atoms.